The predicted molar refractivity (Wildman–Crippen MR) is 97.6 cm³/mol. The molecule has 23 heavy (non-hydrogen) atoms. The van der Waals surface area contributed by atoms with E-state index in [1.165, 1.54) is 0 Å². The highest BCUT2D eigenvalue weighted by molar-refractivity contribution is 6.04. The van der Waals surface area contributed by atoms with Crippen LogP contribution in [-0.4, -0.2) is 12.0 Å². The Balaban J connectivity index is 0.00000264. The molecule has 1 amide bonds. The van der Waals surface area contributed by atoms with Crippen molar-refractivity contribution in [3.8, 4) is 5.75 Å². The second-order valence-electron chi connectivity index (χ2n) is 5.39. The Morgan fingerprint density at radius 2 is 1.87 bits per heavy atom. The van der Waals surface area contributed by atoms with E-state index in [1.54, 1.807) is 18.2 Å². The number of halogens is 1. The van der Waals surface area contributed by atoms with Gasteiger partial charge in [-0.3, -0.25) is 4.79 Å². The molecule has 0 aliphatic rings. The molecule has 1 unspecified atom stereocenters. The first kappa shape index (κ1) is 18.8. The minimum atomic E-state index is -0.163. The molecule has 0 spiro atoms. The van der Waals surface area contributed by atoms with E-state index in [2.05, 4.69) is 12.2 Å². The van der Waals surface area contributed by atoms with Gasteiger partial charge in [-0.25, -0.2) is 0 Å². The standard InChI is InChI=1S/C18H22N2O2.ClH/c1-4-13(3)22-16-9-6-14(7-10-16)18(21)20-17-11-15(19)8-5-12(17)2;/h5-11,13H,4,19H2,1-3H3,(H,20,21);1H. The van der Waals surface area contributed by atoms with E-state index >= 15 is 0 Å². The molecule has 0 fully saturated rings. The zero-order chi connectivity index (χ0) is 16.1. The predicted octanol–water partition coefficient (Wildman–Crippen LogP) is 4.43. The van der Waals surface area contributed by atoms with Gasteiger partial charge in [0.1, 0.15) is 5.75 Å². The maximum Gasteiger partial charge on any atom is 0.255 e. The Kier molecular flexibility index (Phi) is 6.91. The highest BCUT2D eigenvalue weighted by Gasteiger charge is 2.09. The molecule has 3 N–H and O–H groups in total. The topological polar surface area (TPSA) is 64.3 Å². The number of nitrogens with two attached hydrogens (primary N) is 1. The number of rotatable bonds is 5. The summed E-state index contributed by atoms with van der Waals surface area (Å²) in [6, 6.07) is 12.6. The second kappa shape index (κ2) is 8.44. The fourth-order valence-corrected chi connectivity index (χ4v) is 1.97. The number of amides is 1. The molecule has 0 aromatic heterocycles. The molecule has 0 radical (unpaired) electrons. The maximum atomic E-state index is 12.3. The molecule has 4 nitrogen and oxygen atoms in total. The maximum absolute atomic E-state index is 12.3. The second-order valence-corrected chi connectivity index (χ2v) is 5.39. The largest absolute Gasteiger partial charge is 0.491 e. The lowest BCUT2D eigenvalue weighted by molar-refractivity contribution is 0.102. The van der Waals surface area contributed by atoms with E-state index in [0.29, 0.717) is 11.3 Å². The van der Waals surface area contributed by atoms with Crippen molar-refractivity contribution in [2.75, 3.05) is 11.1 Å². The van der Waals surface area contributed by atoms with E-state index in [9.17, 15) is 4.79 Å². The van der Waals surface area contributed by atoms with Gasteiger partial charge in [0.25, 0.3) is 5.91 Å². The number of hydrogen-bond acceptors (Lipinski definition) is 3. The quantitative estimate of drug-likeness (QED) is 0.795. The number of hydrogen-bond donors (Lipinski definition) is 2. The Morgan fingerprint density at radius 1 is 1.22 bits per heavy atom. The summed E-state index contributed by atoms with van der Waals surface area (Å²) in [5.74, 6) is 0.606. The van der Waals surface area contributed by atoms with Crippen molar-refractivity contribution in [3.63, 3.8) is 0 Å². The number of carbonyl (C=O) groups excluding carboxylic acids is 1. The van der Waals surface area contributed by atoms with Gasteiger partial charge in [-0.15, -0.1) is 12.4 Å². The number of aryl methyl sites for hydroxylation is 1. The summed E-state index contributed by atoms with van der Waals surface area (Å²) < 4.78 is 5.70. The molecule has 2 aromatic carbocycles. The van der Waals surface area contributed by atoms with Gasteiger partial charge >= 0.3 is 0 Å². The van der Waals surface area contributed by atoms with Crippen LogP contribution in [0.4, 0.5) is 11.4 Å². The monoisotopic (exact) mass is 334 g/mol. The van der Waals surface area contributed by atoms with Gasteiger partial charge in [-0.1, -0.05) is 13.0 Å². The van der Waals surface area contributed by atoms with Crippen molar-refractivity contribution in [1.82, 2.24) is 0 Å². The average Bonchev–Trinajstić information content (AvgIpc) is 2.51. The summed E-state index contributed by atoms with van der Waals surface area (Å²) in [5.41, 5.74) is 8.66. The van der Waals surface area contributed by atoms with Gasteiger partial charge in [-0.2, -0.15) is 0 Å². The van der Waals surface area contributed by atoms with Crippen LogP contribution in [0.5, 0.6) is 5.75 Å². The summed E-state index contributed by atoms with van der Waals surface area (Å²) in [6.45, 7) is 6.02. The number of carbonyl (C=O) groups is 1. The first-order valence-electron chi connectivity index (χ1n) is 7.43. The molecule has 1 atom stereocenters. The zero-order valence-electron chi connectivity index (χ0n) is 13.6. The fourth-order valence-electron chi connectivity index (χ4n) is 1.97. The normalized spacial score (nSPS) is 11.3. The van der Waals surface area contributed by atoms with Crippen LogP contribution in [-0.2, 0) is 0 Å². The Morgan fingerprint density at radius 3 is 2.48 bits per heavy atom. The van der Waals surface area contributed by atoms with Gasteiger partial charge in [0.05, 0.1) is 6.10 Å². The molecule has 0 aliphatic carbocycles. The van der Waals surface area contributed by atoms with Crippen LogP contribution in [0.15, 0.2) is 42.5 Å². The van der Waals surface area contributed by atoms with E-state index in [4.69, 9.17) is 10.5 Å². The Hall–Kier alpha value is -2.20. The third-order valence-corrected chi connectivity index (χ3v) is 3.54. The minimum absolute atomic E-state index is 0. The lowest BCUT2D eigenvalue weighted by Crippen LogP contribution is -2.13. The van der Waals surface area contributed by atoms with Gasteiger partial charge in [0.2, 0.25) is 0 Å². The van der Waals surface area contributed by atoms with E-state index in [-0.39, 0.29) is 24.4 Å². The lowest BCUT2D eigenvalue weighted by atomic mass is 10.1. The molecule has 0 bridgehead atoms. The molecule has 124 valence electrons. The van der Waals surface area contributed by atoms with Crippen LogP contribution < -0.4 is 15.8 Å². The van der Waals surface area contributed by atoms with Crippen LogP contribution in [0.25, 0.3) is 0 Å². The zero-order valence-corrected chi connectivity index (χ0v) is 14.4. The first-order chi connectivity index (χ1) is 10.5. The minimum Gasteiger partial charge on any atom is -0.491 e. The van der Waals surface area contributed by atoms with Gasteiger partial charge in [0.15, 0.2) is 0 Å². The summed E-state index contributed by atoms with van der Waals surface area (Å²) in [4.78, 5) is 12.3. The number of ether oxygens (including phenoxy) is 1. The van der Waals surface area contributed by atoms with Crippen LogP contribution in [0.2, 0.25) is 0 Å². The number of anilines is 2. The SMILES string of the molecule is CCC(C)Oc1ccc(C(=O)Nc2cc(N)ccc2C)cc1.Cl. The molecule has 0 heterocycles. The highest BCUT2D eigenvalue weighted by atomic mass is 35.5. The summed E-state index contributed by atoms with van der Waals surface area (Å²) in [6.07, 6.45) is 1.10. The molecule has 2 rings (SSSR count). The van der Waals surface area contributed by atoms with Gasteiger partial charge in [0, 0.05) is 16.9 Å². The Labute approximate surface area is 143 Å². The summed E-state index contributed by atoms with van der Waals surface area (Å²) in [7, 11) is 0. The molecule has 0 saturated heterocycles. The number of nitrogen functional groups attached to an aromatic ring is 1. The molecule has 2 aromatic rings. The molecule has 0 aliphatic heterocycles. The molecule has 0 saturated carbocycles. The molecule has 5 heteroatoms. The number of nitrogens with one attached hydrogen (secondary N) is 1. The summed E-state index contributed by atoms with van der Waals surface area (Å²) >= 11 is 0. The van der Waals surface area contributed by atoms with E-state index < -0.39 is 0 Å². The number of benzene rings is 2. The van der Waals surface area contributed by atoms with E-state index in [0.717, 1.165) is 23.4 Å². The third kappa shape index (κ3) is 5.18. The van der Waals surface area contributed by atoms with Crippen LogP contribution in [0, 0.1) is 6.92 Å². The fraction of sp³-hybridized carbons (Fsp3) is 0.278. The first-order valence-corrected chi connectivity index (χ1v) is 7.43. The smallest absolute Gasteiger partial charge is 0.255 e. The van der Waals surface area contributed by atoms with Crippen molar-refractivity contribution >= 4 is 29.7 Å². The van der Waals surface area contributed by atoms with Crippen molar-refractivity contribution in [3.05, 3.63) is 53.6 Å². The van der Waals surface area contributed by atoms with Crippen LogP contribution in [0.1, 0.15) is 36.2 Å². The highest BCUT2D eigenvalue weighted by Crippen LogP contribution is 2.20. The average molecular weight is 335 g/mol. The van der Waals surface area contributed by atoms with Crippen LogP contribution >= 0.6 is 12.4 Å². The molecular weight excluding hydrogens is 312 g/mol. The van der Waals surface area contributed by atoms with Crippen molar-refractivity contribution in [1.29, 1.82) is 0 Å². The van der Waals surface area contributed by atoms with Gasteiger partial charge < -0.3 is 15.8 Å². The summed E-state index contributed by atoms with van der Waals surface area (Å²) in [5, 5.41) is 2.88. The van der Waals surface area contributed by atoms with Crippen LogP contribution in [0.3, 0.4) is 0 Å². The van der Waals surface area contributed by atoms with Crippen molar-refractivity contribution in [2.24, 2.45) is 0 Å². The van der Waals surface area contributed by atoms with Crippen molar-refractivity contribution < 1.29 is 9.53 Å². The van der Waals surface area contributed by atoms with Gasteiger partial charge in [-0.05, 0) is 62.2 Å². The third-order valence-electron chi connectivity index (χ3n) is 3.54. The van der Waals surface area contributed by atoms with E-state index in [1.807, 2.05) is 38.1 Å². The lowest BCUT2D eigenvalue weighted by Gasteiger charge is -2.13. The van der Waals surface area contributed by atoms with Crippen molar-refractivity contribution in [2.45, 2.75) is 33.3 Å². The molecular formula is C18H23ClN2O2. The Bertz CT molecular complexity index is 657.